The number of piperazine rings is 1. The van der Waals surface area contributed by atoms with Crippen molar-refractivity contribution in [1.29, 1.82) is 0 Å². The third kappa shape index (κ3) is 15.1. The second-order valence-corrected chi connectivity index (χ2v) is 10.7. The molecule has 2 N–H and O–H groups in total. The molecule has 194 valence electrons. The zero-order valence-electron chi connectivity index (χ0n) is 22.1. The fourth-order valence-electron chi connectivity index (χ4n) is 4.57. The Bertz CT molecular complexity index is 501. The van der Waals surface area contributed by atoms with Gasteiger partial charge in [-0.15, -0.1) is 0 Å². The molecule has 0 radical (unpaired) electrons. The standard InChI is InChI=1S/C27H54N4S2/c1-4-6-8-10-12-14-16-18-20-28-26(32)30-22-23-31(25(3)24-30)27(33)29-21-19-17-15-13-11-9-7-5-2/h25H,4-24H2,1-3H3,(H,28,32)(H,29,33)/t25-/m0/s1. The van der Waals surface area contributed by atoms with Gasteiger partial charge in [0.25, 0.3) is 0 Å². The van der Waals surface area contributed by atoms with Crippen LogP contribution in [-0.4, -0.2) is 58.8 Å². The van der Waals surface area contributed by atoms with Crippen LogP contribution in [-0.2, 0) is 0 Å². The highest BCUT2D eigenvalue weighted by Gasteiger charge is 2.26. The van der Waals surface area contributed by atoms with Gasteiger partial charge in [-0.05, 0) is 44.2 Å². The molecule has 1 rings (SSSR count). The van der Waals surface area contributed by atoms with Crippen molar-refractivity contribution in [3.8, 4) is 0 Å². The Morgan fingerprint density at radius 3 is 1.52 bits per heavy atom. The first kappa shape index (κ1) is 30.4. The van der Waals surface area contributed by atoms with E-state index in [1.807, 2.05) is 0 Å². The summed E-state index contributed by atoms with van der Waals surface area (Å²) in [5.74, 6) is 0. The van der Waals surface area contributed by atoms with Crippen LogP contribution in [0.25, 0.3) is 0 Å². The minimum Gasteiger partial charge on any atom is -0.363 e. The van der Waals surface area contributed by atoms with E-state index in [1.165, 1.54) is 103 Å². The number of thiocarbonyl (C=S) groups is 2. The summed E-state index contributed by atoms with van der Waals surface area (Å²) >= 11 is 11.4. The summed E-state index contributed by atoms with van der Waals surface area (Å²) in [6.07, 6.45) is 21.6. The van der Waals surface area contributed by atoms with Gasteiger partial charge in [-0.3, -0.25) is 0 Å². The monoisotopic (exact) mass is 498 g/mol. The lowest BCUT2D eigenvalue weighted by Crippen LogP contribution is -2.59. The van der Waals surface area contributed by atoms with E-state index < -0.39 is 0 Å². The smallest absolute Gasteiger partial charge is 0.169 e. The number of nitrogens with one attached hydrogen (secondary N) is 2. The third-order valence-electron chi connectivity index (χ3n) is 6.79. The minimum absolute atomic E-state index is 0.389. The molecule has 1 aliphatic heterocycles. The summed E-state index contributed by atoms with van der Waals surface area (Å²) in [5, 5.41) is 8.82. The van der Waals surface area contributed by atoms with Gasteiger partial charge in [0.15, 0.2) is 10.2 Å². The van der Waals surface area contributed by atoms with Crippen molar-refractivity contribution >= 4 is 34.7 Å². The molecule has 0 aromatic heterocycles. The zero-order valence-corrected chi connectivity index (χ0v) is 23.8. The van der Waals surface area contributed by atoms with Crippen LogP contribution in [0.4, 0.5) is 0 Å². The minimum atomic E-state index is 0.389. The normalized spacial score (nSPS) is 16.2. The Kier molecular flexibility index (Phi) is 19.1. The average molecular weight is 499 g/mol. The molecule has 1 fully saturated rings. The van der Waals surface area contributed by atoms with E-state index in [2.05, 4.69) is 41.2 Å². The second kappa shape index (κ2) is 20.7. The molecule has 0 unspecified atom stereocenters. The van der Waals surface area contributed by atoms with Crippen molar-refractivity contribution in [2.45, 2.75) is 130 Å². The molecule has 0 aliphatic carbocycles. The molecule has 0 spiro atoms. The molecule has 1 aliphatic rings. The van der Waals surface area contributed by atoms with Crippen molar-refractivity contribution < 1.29 is 0 Å². The first-order chi connectivity index (χ1) is 16.1. The van der Waals surface area contributed by atoms with Crippen molar-refractivity contribution in [3.05, 3.63) is 0 Å². The SMILES string of the molecule is CCCCCCCCCCNC(=S)N1CCN(C(=S)NCCCCCCCCCC)[C@@H](C)C1. The predicted octanol–water partition coefficient (Wildman–Crippen LogP) is 7.02. The average Bonchev–Trinajstić information content (AvgIpc) is 2.81. The van der Waals surface area contributed by atoms with Crippen LogP contribution in [0.3, 0.4) is 0 Å². The number of unbranched alkanes of at least 4 members (excludes halogenated alkanes) is 14. The van der Waals surface area contributed by atoms with Gasteiger partial charge in [0.05, 0.1) is 0 Å². The quantitative estimate of drug-likeness (QED) is 0.156. The first-order valence-corrected chi connectivity index (χ1v) is 15.0. The molecule has 6 heteroatoms. The van der Waals surface area contributed by atoms with Crippen molar-refractivity contribution in [2.75, 3.05) is 32.7 Å². The summed E-state index contributed by atoms with van der Waals surface area (Å²) in [4.78, 5) is 4.67. The van der Waals surface area contributed by atoms with E-state index >= 15 is 0 Å². The molecule has 1 atom stereocenters. The zero-order chi connectivity index (χ0) is 24.2. The Balaban J connectivity index is 2.07. The van der Waals surface area contributed by atoms with Crippen LogP contribution in [0.2, 0.25) is 0 Å². The maximum Gasteiger partial charge on any atom is 0.169 e. The van der Waals surface area contributed by atoms with Crippen molar-refractivity contribution in [3.63, 3.8) is 0 Å². The van der Waals surface area contributed by atoms with Gasteiger partial charge >= 0.3 is 0 Å². The molecular formula is C27H54N4S2. The summed E-state index contributed by atoms with van der Waals surface area (Å²) in [6, 6.07) is 0.389. The summed E-state index contributed by atoms with van der Waals surface area (Å²) in [6.45, 7) is 11.7. The molecule has 4 nitrogen and oxygen atoms in total. The van der Waals surface area contributed by atoms with Gasteiger partial charge in [0, 0.05) is 38.8 Å². The molecule has 0 aromatic rings. The largest absolute Gasteiger partial charge is 0.363 e. The van der Waals surface area contributed by atoms with E-state index in [9.17, 15) is 0 Å². The molecule has 0 saturated carbocycles. The number of hydrogen-bond donors (Lipinski definition) is 2. The van der Waals surface area contributed by atoms with Gasteiger partial charge < -0.3 is 20.4 Å². The Hall–Kier alpha value is -0.620. The Labute approximate surface area is 217 Å². The summed E-state index contributed by atoms with van der Waals surface area (Å²) in [5.41, 5.74) is 0. The van der Waals surface area contributed by atoms with Crippen LogP contribution in [0.5, 0.6) is 0 Å². The van der Waals surface area contributed by atoms with Gasteiger partial charge in [-0.25, -0.2) is 0 Å². The number of nitrogens with zero attached hydrogens (tertiary/aromatic N) is 2. The highest BCUT2D eigenvalue weighted by Crippen LogP contribution is 2.12. The van der Waals surface area contributed by atoms with Gasteiger partial charge in [0.2, 0.25) is 0 Å². The topological polar surface area (TPSA) is 30.5 Å². The lowest BCUT2D eigenvalue weighted by atomic mass is 10.1. The Morgan fingerprint density at radius 2 is 1.06 bits per heavy atom. The van der Waals surface area contributed by atoms with E-state index in [0.717, 1.165) is 42.9 Å². The molecule has 1 saturated heterocycles. The van der Waals surface area contributed by atoms with E-state index in [0.29, 0.717) is 6.04 Å². The van der Waals surface area contributed by atoms with Gasteiger partial charge in [-0.1, -0.05) is 104 Å². The van der Waals surface area contributed by atoms with E-state index in [4.69, 9.17) is 24.4 Å². The van der Waals surface area contributed by atoms with Gasteiger partial charge in [-0.2, -0.15) is 0 Å². The molecule has 33 heavy (non-hydrogen) atoms. The Morgan fingerprint density at radius 1 is 0.636 bits per heavy atom. The maximum absolute atomic E-state index is 5.70. The van der Waals surface area contributed by atoms with Crippen molar-refractivity contribution in [2.24, 2.45) is 0 Å². The summed E-state index contributed by atoms with van der Waals surface area (Å²) < 4.78 is 0. The fourth-order valence-corrected chi connectivity index (χ4v) is 5.21. The highest BCUT2D eigenvalue weighted by atomic mass is 32.1. The molecule has 0 amide bonds. The van der Waals surface area contributed by atoms with E-state index in [1.54, 1.807) is 0 Å². The lowest BCUT2D eigenvalue weighted by molar-refractivity contribution is 0.193. The highest BCUT2D eigenvalue weighted by molar-refractivity contribution is 7.80. The van der Waals surface area contributed by atoms with Gasteiger partial charge in [0.1, 0.15) is 0 Å². The van der Waals surface area contributed by atoms with Crippen LogP contribution in [0, 0.1) is 0 Å². The first-order valence-electron chi connectivity index (χ1n) is 14.2. The lowest BCUT2D eigenvalue weighted by Gasteiger charge is -2.42. The third-order valence-corrected chi connectivity index (χ3v) is 7.57. The van der Waals surface area contributed by atoms with Crippen LogP contribution in [0.1, 0.15) is 124 Å². The van der Waals surface area contributed by atoms with Crippen LogP contribution in [0.15, 0.2) is 0 Å². The fraction of sp³-hybridized carbons (Fsp3) is 0.926. The number of rotatable bonds is 18. The summed E-state index contributed by atoms with van der Waals surface area (Å²) in [7, 11) is 0. The van der Waals surface area contributed by atoms with Crippen molar-refractivity contribution in [1.82, 2.24) is 20.4 Å². The maximum atomic E-state index is 5.70. The van der Waals surface area contributed by atoms with Crippen LogP contribution < -0.4 is 10.6 Å². The molecule has 0 aromatic carbocycles. The molecule has 1 heterocycles. The van der Waals surface area contributed by atoms with E-state index in [-0.39, 0.29) is 0 Å². The molecule has 0 bridgehead atoms. The second-order valence-electron chi connectivity index (χ2n) is 9.90. The molecular weight excluding hydrogens is 444 g/mol. The number of hydrogen-bond acceptors (Lipinski definition) is 2. The predicted molar refractivity (Wildman–Crippen MR) is 154 cm³/mol. The van der Waals surface area contributed by atoms with Crippen LogP contribution >= 0.6 is 24.4 Å².